The van der Waals surface area contributed by atoms with E-state index in [9.17, 15) is 4.39 Å². The van der Waals surface area contributed by atoms with Crippen molar-refractivity contribution in [3.05, 3.63) is 56.4 Å². The predicted molar refractivity (Wildman–Crippen MR) is 78.6 cm³/mol. The standard InChI is InChI=1S/C14H15BrFNS/c1-2-6-17-14(10-5-7-18-9-10)12-8-11(15)3-4-13(12)16/h3-5,7-9,14,17H,2,6H2,1H3. The Hall–Kier alpha value is -0.710. The van der Waals surface area contributed by atoms with Gasteiger partial charge in [0.15, 0.2) is 0 Å². The second-order valence-corrected chi connectivity index (χ2v) is 5.81. The summed E-state index contributed by atoms with van der Waals surface area (Å²) < 4.78 is 14.9. The average molecular weight is 328 g/mol. The molecule has 0 radical (unpaired) electrons. The zero-order valence-electron chi connectivity index (χ0n) is 10.1. The van der Waals surface area contributed by atoms with Crippen LogP contribution in [-0.2, 0) is 0 Å². The van der Waals surface area contributed by atoms with Gasteiger partial charge >= 0.3 is 0 Å². The van der Waals surface area contributed by atoms with Gasteiger partial charge in [0.1, 0.15) is 5.82 Å². The first-order valence-corrected chi connectivity index (χ1v) is 7.66. The van der Waals surface area contributed by atoms with E-state index >= 15 is 0 Å². The molecule has 0 fully saturated rings. The molecule has 1 unspecified atom stereocenters. The lowest BCUT2D eigenvalue weighted by atomic mass is 10.0. The maximum atomic E-state index is 14.0. The summed E-state index contributed by atoms with van der Waals surface area (Å²) in [6.45, 7) is 2.97. The quantitative estimate of drug-likeness (QED) is 0.836. The highest BCUT2D eigenvalue weighted by Gasteiger charge is 2.17. The van der Waals surface area contributed by atoms with Crippen molar-refractivity contribution in [3.63, 3.8) is 0 Å². The largest absolute Gasteiger partial charge is 0.306 e. The molecule has 1 N–H and O–H groups in total. The van der Waals surface area contributed by atoms with Gasteiger partial charge in [-0.2, -0.15) is 11.3 Å². The number of halogens is 2. The Morgan fingerprint density at radius 2 is 2.22 bits per heavy atom. The lowest BCUT2D eigenvalue weighted by Crippen LogP contribution is -2.23. The van der Waals surface area contributed by atoms with Crippen molar-refractivity contribution in [1.82, 2.24) is 5.32 Å². The molecule has 1 nitrogen and oxygen atoms in total. The van der Waals surface area contributed by atoms with E-state index < -0.39 is 0 Å². The summed E-state index contributed by atoms with van der Waals surface area (Å²) in [6, 6.07) is 7.04. The van der Waals surface area contributed by atoms with E-state index in [0.29, 0.717) is 5.56 Å². The molecule has 4 heteroatoms. The Morgan fingerprint density at radius 1 is 1.39 bits per heavy atom. The topological polar surface area (TPSA) is 12.0 Å². The third-order valence-electron chi connectivity index (χ3n) is 2.74. The van der Waals surface area contributed by atoms with Crippen LogP contribution in [0.4, 0.5) is 4.39 Å². The Kier molecular flexibility index (Phi) is 4.92. The maximum Gasteiger partial charge on any atom is 0.128 e. The van der Waals surface area contributed by atoms with Crippen LogP contribution in [0.2, 0.25) is 0 Å². The van der Waals surface area contributed by atoms with Gasteiger partial charge in [-0.15, -0.1) is 0 Å². The number of nitrogens with one attached hydrogen (secondary N) is 1. The third kappa shape index (κ3) is 3.19. The van der Waals surface area contributed by atoms with Gasteiger partial charge < -0.3 is 5.32 Å². The zero-order valence-corrected chi connectivity index (χ0v) is 12.5. The summed E-state index contributed by atoms with van der Waals surface area (Å²) in [5, 5.41) is 7.48. The van der Waals surface area contributed by atoms with E-state index in [4.69, 9.17) is 0 Å². The molecule has 1 heterocycles. The SMILES string of the molecule is CCCNC(c1ccsc1)c1cc(Br)ccc1F. The molecule has 0 aliphatic carbocycles. The molecule has 0 aliphatic rings. The van der Waals surface area contributed by atoms with Gasteiger partial charge in [0, 0.05) is 10.0 Å². The predicted octanol–water partition coefficient (Wildman–Crippen LogP) is 4.74. The van der Waals surface area contributed by atoms with Crippen molar-refractivity contribution in [2.24, 2.45) is 0 Å². The van der Waals surface area contributed by atoms with Gasteiger partial charge in [-0.1, -0.05) is 22.9 Å². The fourth-order valence-electron chi connectivity index (χ4n) is 1.87. The van der Waals surface area contributed by atoms with Crippen LogP contribution >= 0.6 is 27.3 Å². The molecule has 1 aromatic heterocycles. The van der Waals surface area contributed by atoms with E-state index in [1.165, 1.54) is 6.07 Å². The van der Waals surface area contributed by atoms with Crippen molar-refractivity contribution in [1.29, 1.82) is 0 Å². The van der Waals surface area contributed by atoms with Gasteiger partial charge in [0.25, 0.3) is 0 Å². The molecular formula is C14H15BrFNS. The van der Waals surface area contributed by atoms with Gasteiger partial charge in [-0.25, -0.2) is 4.39 Å². The summed E-state index contributed by atoms with van der Waals surface area (Å²) in [4.78, 5) is 0. The minimum atomic E-state index is -0.169. The minimum absolute atomic E-state index is 0.0753. The van der Waals surface area contributed by atoms with Crippen molar-refractivity contribution in [3.8, 4) is 0 Å². The van der Waals surface area contributed by atoms with E-state index in [1.807, 2.05) is 17.5 Å². The van der Waals surface area contributed by atoms with Crippen LogP contribution in [0.15, 0.2) is 39.5 Å². The second-order valence-electron chi connectivity index (χ2n) is 4.11. The van der Waals surface area contributed by atoms with Crippen LogP contribution < -0.4 is 5.32 Å². The van der Waals surface area contributed by atoms with E-state index in [1.54, 1.807) is 17.4 Å². The van der Waals surface area contributed by atoms with Gasteiger partial charge in [0.2, 0.25) is 0 Å². The fraction of sp³-hybridized carbons (Fsp3) is 0.286. The molecule has 2 aromatic rings. The molecule has 0 aliphatic heterocycles. The van der Waals surface area contributed by atoms with Crippen molar-refractivity contribution in [2.75, 3.05) is 6.54 Å². The molecule has 0 bridgehead atoms. The molecule has 1 atom stereocenters. The molecule has 0 saturated heterocycles. The van der Waals surface area contributed by atoms with E-state index in [0.717, 1.165) is 23.0 Å². The Bertz CT molecular complexity index is 499. The molecule has 96 valence electrons. The average Bonchev–Trinajstić information content (AvgIpc) is 2.88. The van der Waals surface area contributed by atoms with Gasteiger partial charge in [-0.05, 0) is 53.6 Å². The van der Waals surface area contributed by atoms with Crippen molar-refractivity contribution < 1.29 is 4.39 Å². The highest BCUT2D eigenvalue weighted by atomic mass is 79.9. The molecule has 2 rings (SSSR count). The van der Waals surface area contributed by atoms with E-state index in [2.05, 4.69) is 33.6 Å². The monoisotopic (exact) mass is 327 g/mol. The van der Waals surface area contributed by atoms with Crippen molar-refractivity contribution in [2.45, 2.75) is 19.4 Å². The zero-order chi connectivity index (χ0) is 13.0. The van der Waals surface area contributed by atoms with Crippen LogP contribution in [0.1, 0.15) is 30.5 Å². The van der Waals surface area contributed by atoms with Gasteiger partial charge in [0.05, 0.1) is 6.04 Å². The fourth-order valence-corrected chi connectivity index (χ4v) is 2.94. The van der Waals surface area contributed by atoms with Gasteiger partial charge in [-0.3, -0.25) is 0 Å². The van der Waals surface area contributed by atoms with Crippen molar-refractivity contribution >= 4 is 27.3 Å². The number of benzene rings is 1. The second kappa shape index (κ2) is 6.45. The van der Waals surface area contributed by atoms with E-state index in [-0.39, 0.29) is 11.9 Å². The molecular weight excluding hydrogens is 313 g/mol. The highest BCUT2D eigenvalue weighted by molar-refractivity contribution is 9.10. The first kappa shape index (κ1) is 13.7. The summed E-state index contributed by atoms with van der Waals surface area (Å²) in [5.41, 5.74) is 1.81. The number of thiophene rings is 1. The van der Waals surface area contributed by atoms with Crippen LogP contribution in [0.3, 0.4) is 0 Å². The summed E-state index contributed by atoms with van der Waals surface area (Å²) in [5.74, 6) is -0.169. The third-order valence-corrected chi connectivity index (χ3v) is 3.94. The maximum absolute atomic E-state index is 14.0. The molecule has 1 aromatic carbocycles. The normalized spacial score (nSPS) is 12.6. The number of hydrogen-bond acceptors (Lipinski definition) is 2. The first-order valence-electron chi connectivity index (χ1n) is 5.92. The Balaban J connectivity index is 2.36. The molecule has 0 saturated carbocycles. The summed E-state index contributed by atoms with van der Waals surface area (Å²) in [7, 11) is 0. The number of hydrogen-bond donors (Lipinski definition) is 1. The minimum Gasteiger partial charge on any atom is -0.306 e. The smallest absolute Gasteiger partial charge is 0.128 e. The van der Waals surface area contributed by atoms with Crippen LogP contribution in [0, 0.1) is 5.82 Å². The lowest BCUT2D eigenvalue weighted by molar-refractivity contribution is 0.547. The lowest BCUT2D eigenvalue weighted by Gasteiger charge is -2.19. The van der Waals surface area contributed by atoms with Crippen LogP contribution in [0.25, 0.3) is 0 Å². The molecule has 0 amide bonds. The first-order chi connectivity index (χ1) is 8.72. The Morgan fingerprint density at radius 3 is 2.89 bits per heavy atom. The Labute approximate surface area is 119 Å². The number of rotatable bonds is 5. The highest BCUT2D eigenvalue weighted by Crippen LogP contribution is 2.28. The molecule has 18 heavy (non-hydrogen) atoms. The summed E-state index contributed by atoms with van der Waals surface area (Å²) in [6.07, 6.45) is 1.02. The van der Waals surface area contributed by atoms with Crippen LogP contribution in [0.5, 0.6) is 0 Å². The van der Waals surface area contributed by atoms with Crippen LogP contribution in [-0.4, -0.2) is 6.54 Å². The summed E-state index contributed by atoms with van der Waals surface area (Å²) >= 11 is 5.04. The molecule has 0 spiro atoms.